The van der Waals surface area contributed by atoms with Crippen LogP contribution in [0.2, 0.25) is 0 Å². The molecule has 15 heavy (non-hydrogen) atoms. The second-order valence-electron chi connectivity index (χ2n) is 3.56. The number of hydrogen-bond acceptors (Lipinski definition) is 3. The molecule has 0 spiro atoms. The van der Waals surface area contributed by atoms with E-state index in [9.17, 15) is 4.79 Å². The molecule has 84 valence electrons. The van der Waals surface area contributed by atoms with Gasteiger partial charge in [-0.15, -0.1) is 11.3 Å². The standard InChI is InChI=1S/C10H17N3OS/c1-4-8-5-11-9(15-8)6-12-10(14)13-7(2)3/h5,7H,4,6H2,1-3H3,(H2,12,13,14). The lowest BCUT2D eigenvalue weighted by molar-refractivity contribution is 0.238. The van der Waals surface area contributed by atoms with E-state index in [-0.39, 0.29) is 12.1 Å². The number of aryl methyl sites for hydroxylation is 1. The van der Waals surface area contributed by atoms with E-state index in [4.69, 9.17) is 0 Å². The molecular formula is C10H17N3OS. The monoisotopic (exact) mass is 227 g/mol. The van der Waals surface area contributed by atoms with Gasteiger partial charge in [-0.25, -0.2) is 9.78 Å². The number of aromatic nitrogens is 1. The third kappa shape index (κ3) is 4.29. The predicted molar refractivity (Wildman–Crippen MR) is 62.0 cm³/mol. The lowest BCUT2D eigenvalue weighted by Gasteiger charge is -2.08. The van der Waals surface area contributed by atoms with Crippen molar-refractivity contribution >= 4 is 17.4 Å². The van der Waals surface area contributed by atoms with Crippen LogP contribution in [0.15, 0.2) is 6.20 Å². The molecule has 0 aliphatic rings. The van der Waals surface area contributed by atoms with Crippen molar-refractivity contribution in [2.45, 2.75) is 39.8 Å². The fourth-order valence-electron chi connectivity index (χ4n) is 1.06. The van der Waals surface area contributed by atoms with E-state index in [1.807, 2.05) is 20.0 Å². The molecule has 1 rings (SSSR count). The Kier molecular flexibility index (Phi) is 4.55. The van der Waals surface area contributed by atoms with Gasteiger partial charge in [-0.2, -0.15) is 0 Å². The minimum atomic E-state index is -0.141. The molecule has 1 heterocycles. The third-order valence-corrected chi connectivity index (χ3v) is 2.91. The van der Waals surface area contributed by atoms with Gasteiger partial charge in [0.1, 0.15) is 5.01 Å². The van der Waals surface area contributed by atoms with Crippen molar-refractivity contribution in [3.63, 3.8) is 0 Å². The lowest BCUT2D eigenvalue weighted by atomic mass is 10.4. The second kappa shape index (κ2) is 5.70. The Bertz CT molecular complexity index is 322. The second-order valence-corrected chi connectivity index (χ2v) is 4.76. The molecule has 2 N–H and O–H groups in total. The normalized spacial score (nSPS) is 10.4. The van der Waals surface area contributed by atoms with Gasteiger partial charge in [-0.05, 0) is 20.3 Å². The average Bonchev–Trinajstić information content (AvgIpc) is 2.61. The molecule has 2 amide bonds. The van der Waals surface area contributed by atoms with Crippen molar-refractivity contribution in [2.24, 2.45) is 0 Å². The van der Waals surface area contributed by atoms with Gasteiger partial charge in [-0.1, -0.05) is 6.92 Å². The summed E-state index contributed by atoms with van der Waals surface area (Å²) in [6.45, 7) is 6.45. The molecule has 0 fully saturated rings. The van der Waals surface area contributed by atoms with E-state index in [1.54, 1.807) is 11.3 Å². The average molecular weight is 227 g/mol. The highest BCUT2D eigenvalue weighted by Crippen LogP contribution is 2.12. The van der Waals surface area contributed by atoms with Crippen LogP contribution in [-0.4, -0.2) is 17.1 Å². The zero-order valence-electron chi connectivity index (χ0n) is 9.33. The summed E-state index contributed by atoms with van der Waals surface area (Å²) in [5.41, 5.74) is 0. The van der Waals surface area contributed by atoms with Gasteiger partial charge in [0.2, 0.25) is 0 Å². The van der Waals surface area contributed by atoms with Crippen LogP contribution in [-0.2, 0) is 13.0 Å². The maximum Gasteiger partial charge on any atom is 0.315 e. The fraction of sp³-hybridized carbons (Fsp3) is 0.600. The van der Waals surface area contributed by atoms with Gasteiger partial charge < -0.3 is 10.6 Å². The van der Waals surface area contributed by atoms with Crippen LogP contribution in [0.25, 0.3) is 0 Å². The van der Waals surface area contributed by atoms with Crippen molar-refractivity contribution in [3.8, 4) is 0 Å². The van der Waals surface area contributed by atoms with E-state index in [0.29, 0.717) is 6.54 Å². The van der Waals surface area contributed by atoms with Gasteiger partial charge in [0.25, 0.3) is 0 Å². The number of urea groups is 1. The summed E-state index contributed by atoms with van der Waals surface area (Å²) in [4.78, 5) is 16.7. The summed E-state index contributed by atoms with van der Waals surface area (Å²) in [5.74, 6) is 0. The number of nitrogens with one attached hydrogen (secondary N) is 2. The number of rotatable bonds is 4. The Balaban J connectivity index is 2.33. The highest BCUT2D eigenvalue weighted by Gasteiger charge is 2.04. The van der Waals surface area contributed by atoms with Gasteiger partial charge in [0.05, 0.1) is 6.54 Å². The number of thiazole rings is 1. The topological polar surface area (TPSA) is 54.0 Å². The summed E-state index contributed by atoms with van der Waals surface area (Å²) in [6.07, 6.45) is 2.86. The van der Waals surface area contributed by atoms with E-state index in [2.05, 4.69) is 22.5 Å². The quantitative estimate of drug-likeness (QED) is 0.825. The lowest BCUT2D eigenvalue weighted by Crippen LogP contribution is -2.38. The molecule has 0 saturated heterocycles. The molecule has 0 aliphatic carbocycles. The molecule has 0 aromatic carbocycles. The molecule has 1 aromatic rings. The van der Waals surface area contributed by atoms with E-state index in [1.165, 1.54) is 4.88 Å². The molecule has 0 radical (unpaired) electrons. The summed E-state index contributed by atoms with van der Waals surface area (Å²) >= 11 is 1.64. The molecule has 4 nitrogen and oxygen atoms in total. The van der Waals surface area contributed by atoms with Crippen molar-refractivity contribution < 1.29 is 4.79 Å². The Hall–Kier alpha value is -1.10. The third-order valence-electron chi connectivity index (χ3n) is 1.77. The van der Waals surface area contributed by atoms with Crippen LogP contribution in [0.1, 0.15) is 30.7 Å². The zero-order chi connectivity index (χ0) is 11.3. The Morgan fingerprint density at radius 2 is 2.33 bits per heavy atom. The van der Waals surface area contributed by atoms with E-state index < -0.39 is 0 Å². The SMILES string of the molecule is CCc1cnc(CNC(=O)NC(C)C)s1. The minimum Gasteiger partial charge on any atom is -0.336 e. The van der Waals surface area contributed by atoms with Gasteiger partial charge in [0.15, 0.2) is 0 Å². The Morgan fingerprint density at radius 1 is 1.60 bits per heavy atom. The molecule has 0 aliphatic heterocycles. The number of nitrogens with zero attached hydrogens (tertiary/aromatic N) is 1. The maximum absolute atomic E-state index is 11.3. The van der Waals surface area contributed by atoms with Crippen molar-refractivity contribution in [1.82, 2.24) is 15.6 Å². The van der Waals surface area contributed by atoms with Gasteiger partial charge in [-0.3, -0.25) is 0 Å². The Labute approximate surface area is 94.1 Å². The van der Waals surface area contributed by atoms with Crippen LogP contribution in [0, 0.1) is 0 Å². The number of carbonyl (C=O) groups excluding carboxylic acids is 1. The van der Waals surface area contributed by atoms with Crippen molar-refractivity contribution in [2.75, 3.05) is 0 Å². The first-order valence-corrected chi connectivity index (χ1v) is 5.91. The van der Waals surface area contributed by atoms with Gasteiger partial charge >= 0.3 is 6.03 Å². The highest BCUT2D eigenvalue weighted by atomic mass is 32.1. The molecule has 5 heteroatoms. The smallest absolute Gasteiger partial charge is 0.315 e. The van der Waals surface area contributed by atoms with Crippen LogP contribution in [0.4, 0.5) is 4.79 Å². The molecule has 0 atom stereocenters. The Morgan fingerprint density at radius 3 is 2.87 bits per heavy atom. The number of carbonyl (C=O) groups is 1. The molecule has 0 unspecified atom stereocenters. The molecule has 0 saturated carbocycles. The highest BCUT2D eigenvalue weighted by molar-refractivity contribution is 7.11. The fourth-order valence-corrected chi connectivity index (χ4v) is 1.86. The summed E-state index contributed by atoms with van der Waals surface area (Å²) < 4.78 is 0. The van der Waals surface area contributed by atoms with Crippen molar-refractivity contribution in [1.29, 1.82) is 0 Å². The maximum atomic E-state index is 11.3. The molecular weight excluding hydrogens is 210 g/mol. The van der Waals surface area contributed by atoms with Crippen LogP contribution < -0.4 is 10.6 Å². The number of amides is 2. The number of hydrogen-bond donors (Lipinski definition) is 2. The van der Waals surface area contributed by atoms with Crippen molar-refractivity contribution in [3.05, 3.63) is 16.1 Å². The van der Waals surface area contributed by atoms with E-state index in [0.717, 1.165) is 11.4 Å². The largest absolute Gasteiger partial charge is 0.336 e. The zero-order valence-corrected chi connectivity index (χ0v) is 10.1. The van der Waals surface area contributed by atoms with Crippen LogP contribution in [0.3, 0.4) is 0 Å². The summed E-state index contributed by atoms with van der Waals surface area (Å²) in [7, 11) is 0. The summed E-state index contributed by atoms with van der Waals surface area (Å²) in [6, 6.07) is 0.0192. The van der Waals surface area contributed by atoms with Crippen LogP contribution in [0.5, 0.6) is 0 Å². The first kappa shape index (κ1) is 12.0. The molecule has 1 aromatic heterocycles. The predicted octanol–water partition coefficient (Wildman–Crippen LogP) is 1.91. The first-order valence-electron chi connectivity index (χ1n) is 5.09. The first-order chi connectivity index (χ1) is 7.11. The minimum absolute atomic E-state index is 0.141. The summed E-state index contributed by atoms with van der Waals surface area (Å²) in [5, 5.41) is 6.48. The van der Waals surface area contributed by atoms with Crippen LogP contribution >= 0.6 is 11.3 Å². The van der Waals surface area contributed by atoms with Gasteiger partial charge in [0, 0.05) is 17.1 Å². The van der Waals surface area contributed by atoms with E-state index >= 15 is 0 Å². The molecule has 0 bridgehead atoms.